The van der Waals surface area contributed by atoms with Crippen LogP contribution in [0.25, 0.3) is 0 Å². The minimum atomic E-state index is 0.00184. The molecule has 5 nitrogen and oxygen atoms in total. The molecule has 2 N–H and O–H groups in total. The van der Waals surface area contributed by atoms with Gasteiger partial charge in [-0.2, -0.15) is 0 Å². The first kappa shape index (κ1) is 16.8. The molecule has 0 aliphatic heterocycles. The van der Waals surface area contributed by atoms with Gasteiger partial charge in [0.05, 0.1) is 19.9 Å². The van der Waals surface area contributed by atoms with E-state index >= 15 is 0 Å². The fourth-order valence-electron chi connectivity index (χ4n) is 2.01. The minimum absolute atomic E-state index is 0.00184. The highest BCUT2D eigenvalue weighted by molar-refractivity contribution is 7.80. The quantitative estimate of drug-likeness (QED) is 0.644. The zero-order valence-electron chi connectivity index (χ0n) is 13.2. The number of carbonyl (C=O) groups excluding carboxylic acids is 1. The molecule has 23 heavy (non-hydrogen) atoms. The lowest BCUT2D eigenvalue weighted by Gasteiger charge is -2.14. The van der Waals surface area contributed by atoms with Crippen LogP contribution < -0.4 is 20.1 Å². The molecule has 0 spiro atoms. The van der Waals surface area contributed by atoms with Crippen molar-refractivity contribution in [3.05, 3.63) is 48.0 Å². The fourth-order valence-corrected chi connectivity index (χ4v) is 2.24. The van der Waals surface area contributed by atoms with Gasteiger partial charge in [-0.15, -0.1) is 0 Å². The van der Waals surface area contributed by atoms with E-state index in [1.165, 1.54) is 6.92 Å². The third-order valence-corrected chi connectivity index (χ3v) is 3.39. The molecule has 0 aromatic heterocycles. The molecule has 0 unspecified atom stereocenters. The Hall–Kier alpha value is -2.60. The molecule has 0 amide bonds. The maximum atomic E-state index is 11.4. The lowest BCUT2D eigenvalue weighted by Crippen LogP contribution is -2.19. The van der Waals surface area contributed by atoms with E-state index in [1.807, 2.05) is 6.07 Å². The van der Waals surface area contributed by atoms with Gasteiger partial charge in [0.25, 0.3) is 0 Å². The third kappa shape index (κ3) is 4.43. The second kappa shape index (κ2) is 7.60. The number of ketones is 1. The number of nitrogens with one attached hydrogen (secondary N) is 2. The van der Waals surface area contributed by atoms with Gasteiger partial charge in [0, 0.05) is 17.3 Å². The Bertz CT molecular complexity index is 732. The number of ether oxygens (including phenoxy) is 2. The molecule has 0 atom stereocenters. The van der Waals surface area contributed by atoms with E-state index in [1.54, 1.807) is 50.6 Å². The Morgan fingerprint density at radius 3 is 2.48 bits per heavy atom. The molecule has 2 rings (SSSR count). The summed E-state index contributed by atoms with van der Waals surface area (Å²) in [6.07, 6.45) is 0. The summed E-state index contributed by atoms with van der Waals surface area (Å²) in [5, 5.41) is 6.50. The van der Waals surface area contributed by atoms with Gasteiger partial charge in [0.1, 0.15) is 11.5 Å². The van der Waals surface area contributed by atoms with Crippen LogP contribution in [0.2, 0.25) is 0 Å². The number of thiocarbonyl (C=S) groups is 1. The smallest absolute Gasteiger partial charge is 0.175 e. The topological polar surface area (TPSA) is 59.6 Å². The molecule has 0 radical (unpaired) electrons. The van der Waals surface area contributed by atoms with Gasteiger partial charge in [-0.1, -0.05) is 12.1 Å². The monoisotopic (exact) mass is 330 g/mol. The number of methoxy groups -OCH3 is 2. The standard InChI is InChI=1S/C17H18N2O3S/c1-11(20)12-5-4-6-13(9-12)18-17(23)19-15-10-14(21-2)7-8-16(15)22-3/h4-10H,1-3H3,(H2,18,19,23). The van der Waals surface area contributed by atoms with Gasteiger partial charge in [-0.05, 0) is 43.4 Å². The van der Waals surface area contributed by atoms with E-state index in [0.717, 1.165) is 5.69 Å². The van der Waals surface area contributed by atoms with Crippen molar-refractivity contribution in [3.8, 4) is 11.5 Å². The summed E-state index contributed by atoms with van der Waals surface area (Å²) in [6.45, 7) is 1.52. The van der Waals surface area contributed by atoms with Gasteiger partial charge in [0.15, 0.2) is 10.9 Å². The summed E-state index contributed by atoms with van der Waals surface area (Å²) in [6, 6.07) is 12.5. The zero-order valence-corrected chi connectivity index (χ0v) is 14.0. The molecule has 0 fully saturated rings. The number of anilines is 2. The van der Waals surface area contributed by atoms with E-state index < -0.39 is 0 Å². The van der Waals surface area contributed by atoms with Gasteiger partial charge in [-0.3, -0.25) is 4.79 Å². The maximum absolute atomic E-state index is 11.4. The fraction of sp³-hybridized carbons (Fsp3) is 0.176. The largest absolute Gasteiger partial charge is 0.497 e. The lowest BCUT2D eigenvalue weighted by atomic mass is 10.1. The Morgan fingerprint density at radius 2 is 1.83 bits per heavy atom. The molecule has 2 aromatic carbocycles. The number of Topliss-reactive ketones (excluding diaryl/α,β-unsaturated/α-hetero) is 1. The van der Waals surface area contributed by atoms with Crippen LogP contribution in [-0.4, -0.2) is 25.1 Å². The summed E-state index contributed by atoms with van der Waals surface area (Å²) in [4.78, 5) is 11.4. The average molecular weight is 330 g/mol. The number of hydrogen-bond donors (Lipinski definition) is 2. The van der Waals surface area contributed by atoms with E-state index in [-0.39, 0.29) is 5.78 Å². The normalized spacial score (nSPS) is 9.87. The van der Waals surface area contributed by atoms with Crippen LogP contribution in [0, 0.1) is 0 Å². The second-order valence-electron chi connectivity index (χ2n) is 4.78. The van der Waals surface area contributed by atoms with Crippen molar-refractivity contribution >= 4 is 34.5 Å². The van der Waals surface area contributed by atoms with Gasteiger partial charge in [-0.25, -0.2) is 0 Å². The molecular weight excluding hydrogens is 312 g/mol. The molecule has 0 aliphatic rings. The zero-order chi connectivity index (χ0) is 16.8. The molecule has 0 bridgehead atoms. The number of carbonyl (C=O) groups is 1. The molecule has 0 saturated carbocycles. The number of benzene rings is 2. The summed E-state index contributed by atoms with van der Waals surface area (Å²) < 4.78 is 10.5. The highest BCUT2D eigenvalue weighted by Crippen LogP contribution is 2.29. The third-order valence-electron chi connectivity index (χ3n) is 3.18. The minimum Gasteiger partial charge on any atom is -0.497 e. The summed E-state index contributed by atoms with van der Waals surface area (Å²) in [7, 11) is 3.18. The first-order valence-corrected chi connectivity index (χ1v) is 7.35. The molecule has 2 aromatic rings. The maximum Gasteiger partial charge on any atom is 0.175 e. The van der Waals surface area contributed by atoms with Crippen LogP contribution in [-0.2, 0) is 0 Å². The number of hydrogen-bond acceptors (Lipinski definition) is 4. The Kier molecular flexibility index (Phi) is 5.54. The van der Waals surface area contributed by atoms with Crippen molar-refractivity contribution in [1.82, 2.24) is 0 Å². The molecule has 120 valence electrons. The predicted molar refractivity (Wildman–Crippen MR) is 95.8 cm³/mol. The highest BCUT2D eigenvalue weighted by atomic mass is 32.1. The first-order chi connectivity index (χ1) is 11.0. The van der Waals surface area contributed by atoms with Gasteiger partial charge in [0.2, 0.25) is 0 Å². The van der Waals surface area contributed by atoms with Crippen LogP contribution in [0.1, 0.15) is 17.3 Å². The van der Waals surface area contributed by atoms with Crippen molar-refractivity contribution in [1.29, 1.82) is 0 Å². The van der Waals surface area contributed by atoms with Crippen molar-refractivity contribution in [2.75, 3.05) is 24.9 Å². The van der Waals surface area contributed by atoms with Crippen LogP contribution in [0.5, 0.6) is 11.5 Å². The van der Waals surface area contributed by atoms with E-state index in [0.29, 0.717) is 27.9 Å². The van der Waals surface area contributed by atoms with Crippen molar-refractivity contribution in [3.63, 3.8) is 0 Å². The molecule has 6 heteroatoms. The first-order valence-electron chi connectivity index (χ1n) is 6.94. The Morgan fingerprint density at radius 1 is 1.04 bits per heavy atom. The summed E-state index contributed by atoms with van der Waals surface area (Å²) in [5.41, 5.74) is 2.04. The van der Waals surface area contributed by atoms with E-state index in [4.69, 9.17) is 21.7 Å². The summed E-state index contributed by atoms with van der Waals surface area (Å²) >= 11 is 5.31. The average Bonchev–Trinajstić information content (AvgIpc) is 2.54. The van der Waals surface area contributed by atoms with E-state index in [9.17, 15) is 4.79 Å². The predicted octanol–water partition coefficient (Wildman–Crippen LogP) is 3.72. The molecule has 0 saturated heterocycles. The van der Waals surface area contributed by atoms with Crippen LogP contribution in [0.3, 0.4) is 0 Å². The Labute approximate surface area is 140 Å². The van der Waals surface area contributed by atoms with Crippen molar-refractivity contribution < 1.29 is 14.3 Å². The van der Waals surface area contributed by atoms with Crippen LogP contribution in [0.4, 0.5) is 11.4 Å². The van der Waals surface area contributed by atoms with Crippen LogP contribution >= 0.6 is 12.2 Å². The molecule has 0 heterocycles. The van der Waals surface area contributed by atoms with Gasteiger partial charge < -0.3 is 20.1 Å². The molecular formula is C17H18N2O3S. The van der Waals surface area contributed by atoms with E-state index in [2.05, 4.69) is 10.6 Å². The van der Waals surface area contributed by atoms with Crippen molar-refractivity contribution in [2.45, 2.75) is 6.92 Å². The van der Waals surface area contributed by atoms with Gasteiger partial charge >= 0.3 is 0 Å². The second-order valence-corrected chi connectivity index (χ2v) is 5.19. The molecule has 0 aliphatic carbocycles. The summed E-state index contributed by atoms with van der Waals surface area (Å²) in [5.74, 6) is 1.34. The van der Waals surface area contributed by atoms with Crippen LogP contribution in [0.15, 0.2) is 42.5 Å². The Balaban J connectivity index is 2.13. The lowest BCUT2D eigenvalue weighted by molar-refractivity contribution is 0.101. The highest BCUT2D eigenvalue weighted by Gasteiger charge is 2.08. The number of rotatable bonds is 5. The van der Waals surface area contributed by atoms with Crippen molar-refractivity contribution in [2.24, 2.45) is 0 Å². The SMILES string of the molecule is COc1ccc(OC)c(NC(=S)Nc2cccc(C(C)=O)c2)c1.